The van der Waals surface area contributed by atoms with Crippen molar-refractivity contribution in [1.82, 2.24) is 10.1 Å². The Kier molecular flexibility index (Phi) is 6.01. The van der Waals surface area contributed by atoms with Gasteiger partial charge in [-0.15, -0.1) is 11.3 Å². The van der Waals surface area contributed by atoms with Gasteiger partial charge in [-0.25, -0.2) is 4.98 Å². The summed E-state index contributed by atoms with van der Waals surface area (Å²) in [6, 6.07) is 11.6. The second-order valence-electron chi connectivity index (χ2n) is 6.90. The summed E-state index contributed by atoms with van der Waals surface area (Å²) >= 11 is 3.20. The number of benzene rings is 2. The van der Waals surface area contributed by atoms with Gasteiger partial charge in [-0.05, 0) is 37.6 Å². The van der Waals surface area contributed by atoms with E-state index in [2.05, 4.69) is 15.5 Å². The van der Waals surface area contributed by atoms with Gasteiger partial charge in [0, 0.05) is 29.1 Å². The molecule has 0 radical (unpaired) electrons. The molecule has 0 aliphatic heterocycles. The number of anilines is 1. The zero-order valence-electron chi connectivity index (χ0n) is 16.7. The van der Waals surface area contributed by atoms with E-state index in [4.69, 9.17) is 4.52 Å². The van der Waals surface area contributed by atoms with Crippen LogP contribution in [0.15, 0.2) is 51.3 Å². The molecular formula is C21H18N4O4S2. The van der Waals surface area contributed by atoms with Crippen LogP contribution in [0, 0.1) is 24.0 Å². The summed E-state index contributed by atoms with van der Waals surface area (Å²) in [5, 5.41) is 17.6. The fourth-order valence-electron chi connectivity index (χ4n) is 3.01. The average Bonchev–Trinajstić information content (AvgIpc) is 3.28. The number of carbonyl (C=O) groups is 1. The molecule has 4 aromatic rings. The van der Waals surface area contributed by atoms with Crippen molar-refractivity contribution in [2.75, 3.05) is 5.32 Å². The third kappa shape index (κ3) is 4.92. The van der Waals surface area contributed by atoms with Crippen LogP contribution in [0.3, 0.4) is 0 Å². The Morgan fingerprint density at radius 2 is 2.00 bits per heavy atom. The molecular weight excluding hydrogens is 436 g/mol. The first-order valence-corrected chi connectivity index (χ1v) is 11.2. The molecule has 10 heteroatoms. The molecule has 2 heterocycles. The van der Waals surface area contributed by atoms with E-state index in [0.717, 1.165) is 37.3 Å². The van der Waals surface area contributed by atoms with Crippen LogP contribution in [0.25, 0.3) is 10.2 Å². The fourth-order valence-corrected chi connectivity index (χ4v) is 5.27. The van der Waals surface area contributed by atoms with E-state index in [1.165, 1.54) is 12.1 Å². The van der Waals surface area contributed by atoms with Crippen molar-refractivity contribution < 1.29 is 14.2 Å². The van der Waals surface area contributed by atoms with Crippen LogP contribution in [-0.4, -0.2) is 21.0 Å². The molecule has 0 aliphatic rings. The van der Waals surface area contributed by atoms with Crippen molar-refractivity contribution in [3.8, 4) is 0 Å². The third-order valence-electron chi connectivity index (χ3n) is 4.69. The van der Waals surface area contributed by atoms with Gasteiger partial charge in [0.2, 0.25) is 5.91 Å². The maximum Gasteiger partial charge on any atom is 0.269 e. The first-order valence-electron chi connectivity index (χ1n) is 9.37. The Labute approximate surface area is 185 Å². The molecule has 8 nitrogen and oxygen atoms in total. The smallest absolute Gasteiger partial charge is 0.269 e. The van der Waals surface area contributed by atoms with Gasteiger partial charge >= 0.3 is 0 Å². The molecule has 0 saturated carbocycles. The summed E-state index contributed by atoms with van der Waals surface area (Å²) in [5.74, 6) is 1.37. The van der Waals surface area contributed by atoms with Gasteiger partial charge in [0.1, 0.15) is 5.76 Å². The highest BCUT2D eigenvalue weighted by atomic mass is 32.2. The minimum atomic E-state index is -0.463. The van der Waals surface area contributed by atoms with Crippen LogP contribution >= 0.6 is 23.1 Å². The topological polar surface area (TPSA) is 111 Å². The lowest BCUT2D eigenvalue weighted by Gasteiger charge is -2.05. The van der Waals surface area contributed by atoms with Crippen LogP contribution in [0.4, 0.5) is 11.4 Å². The number of fused-ring (bicyclic) bond motifs is 1. The molecule has 31 heavy (non-hydrogen) atoms. The quantitative estimate of drug-likeness (QED) is 0.230. The number of nitrogens with zero attached hydrogens (tertiary/aromatic N) is 3. The first-order chi connectivity index (χ1) is 14.9. The number of hydrogen-bond acceptors (Lipinski definition) is 8. The predicted octanol–water partition coefficient (Wildman–Crippen LogP) is 5.28. The number of carbonyl (C=O) groups excluding carboxylic acids is 1. The molecule has 1 N–H and O–H groups in total. The highest BCUT2D eigenvalue weighted by Gasteiger charge is 2.13. The van der Waals surface area contributed by atoms with Crippen LogP contribution < -0.4 is 5.32 Å². The molecule has 0 spiro atoms. The molecule has 0 bridgehead atoms. The number of thioether (sulfide) groups is 1. The lowest BCUT2D eigenvalue weighted by atomic mass is 10.1. The van der Waals surface area contributed by atoms with E-state index >= 15 is 0 Å². The number of rotatable bonds is 7. The van der Waals surface area contributed by atoms with Gasteiger partial charge in [-0.1, -0.05) is 29.1 Å². The maximum atomic E-state index is 12.4. The zero-order valence-corrected chi connectivity index (χ0v) is 18.4. The first kappa shape index (κ1) is 21.0. The van der Waals surface area contributed by atoms with E-state index in [0.29, 0.717) is 11.3 Å². The minimum absolute atomic E-state index is 0.00262. The number of aryl methyl sites for hydroxylation is 2. The number of nitro benzene ring substituents is 1. The lowest BCUT2D eigenvalue weighted by molar-refractivity contribution is -0.384. The normalized spacial score (nSPS) is 11.0. The summed E-state index contributed by atoms with van der Waals surface area (Å²) in [5.41, 5.74) is 4.25. The van der Waals surface area contributed by atoms with Crippen molar-refractivity contribution in [3.05, 3.63) is 75.2 Å². The molecule has 158 valence electrons. The molecule has 0 saturated heterocycles. The molecule has 0 fully saturated rings. The molecule has 2 aromatic carbocycles. The van der Waals surface area contributed by atoms with Crippen molar-refractivity contribution in [1.29, 1.82) is 0 Å². The Hall–Kier alpha value is -3.24. The van der Waals surface area contributed by atoms with Gasteiger partial charge in [-0.3, -0.25) is 14.9 Å². The van der Waals surface area contributed by atoms with Crippen LogP contribution in [0.1, 0.15) is 22.6 Å². The van der Waals surface area contributed by atoms with Gasteiger partial charge in [0.05, 0.1) is 27.3 Å². The van der Waals surface area contributed by atoms with Crippen molar-refractivity contribution in [2.45, 2.75) is 30.4 Å². The van der Waals surface area contributed by atoms with Gasteiger partial charge in [0.25, 0.3) is 5.69 Å². The Morgan fingerprint density at radius 1 is 1.23 bits per heavy atom. The standard InChI is InChI=1S/C21H18N4O4S2/c1-12-17(13(2)29-24-12)11-30-21-23-18-8-5-15(10-19(18)31-21)22-20(26)9-14-3-6-16(7-4-14)25(27)28/h3-8,10H,9,11H2,1-2H3,(H,22,26). The number of thiazole rings is 1. The summed E-state index contributed by atoms with van der Waals surface area (Å²) in [6.45, 7) is 3.83. The van der Waals surface area contributed by atoms with E-state index < -0.39 is 4.92 Å². The van der Waals surface area contributed by atoms with Crippen LogP contribution in [-0.2, 0) is 17.0 Å². The summed E-state index contributed by atoms with van der Waals surface area (Å²) < 4.78 is 7.12. The van der Waals surface area contributed by atoms with Gasteiger partial charge in [0.15, 0.2) is 4.34 Å². The number of amides is 1. The van der Waals surface area contributed by atoms with Crippen LogP contribution in [0.5, 0.6) is 0 Å². The molecule has 0 atom stereocenters. The molecule has 0 aliphatic carbocycles. The second kappa shape index (κ2) is 8.86. The third-order valence-corrected chi connectivity index (χ3v) is 6.87. The number of nitro groups is 1. The van der Waals surface area contributed by atoms with Crippen LogP contribution in [0.2, 0.25) is 0 Å². The van der Waals surface area contributed by atoms with Crippen molar-refractivity contribution >= 4 is 50.6 Å². The fraction of sp³-hybridized carbons (Fsp3) is 0.190. The number of hydrogen-bond donors (Lipinski definition) is 1. The van der Waals surface area contributed by atoms with Crippen molar-refractivity contribution in [2.24, 2.45) is 0 Å². The molecule has 1 amide bonds. The molecule has 0 unspecified atom stereocenters. The molecule has 4 rings (SSSR count). The minimum Gasteiger partial charge on any atom is -0.361 e. The van der Waals surface area contributed by atoms with E-state index in [1.807, 2.05) is 32.0 Å². The lowest BCUT2D eigenvalue weighted by Crippen LogP contribution is -2.14. The summed E-state index contributed by atoms with van der Waals surface area (Å²) in [4.78, 5) is 27.3. The highest BCUT2D eigenvalue weighted by molar-refractivity contribution is 8.00. The predicted molar refractivity (Wildman–Crippen MR) is 121 cm³/mol. The van der Waals surface area contributed by atoms with E-state index in [-0.39, 0.29) is 18.0 Å². The monoisotopic (exact) mass is 454 g/mol. The van der Waals surface area contributed by atoms with Gasteiger partial charge in [-0.2, -0.15) is 0 Å². The molecule has 2 aromatic heterocycles. The largest absolute Gasteiger partial charge is 0.361 e. The van der Waals surface area contributed by atoms with E-state index in [1.54, 1.807) is 35.2 Å². The van der Waals surface area contributed by atoms with Gasteiger partial charge < -0.3 is 9.84 Å². The second-order valence-corrected chi connectivity index (χ2v) is 9.16. The number of aromatic nitrogens is 2. The summed E-state index contributed by atoms with van der Waals surface area (Å²) in [7, 11) is 0. The highest BCUT2D eigenvalue weighted by Crippen LogP contribution is 2.34. The Morgan fingerprint density at radius 3 is 2.68 bits per heavy atom. The Bertz CT molecular complexity index is 1240. The summed E-state index contributed by atoms with van der Waals surface area (Å²) in [6.07, 6.45) is 0.136. The van der Waals surface area contributed by atoms with E-state index in [9.17, 15) is 14.9 Å². The Balaban J connectivity index is 1.40. The zero-order chi connectivity index (χ0) is 22.0. The maximum absolute atomic E-state index is 12.4. The van der Waals surface area contributed by atoms with Crippen molar-refractivity contribution in [3.63, 3.8) is 0 Å². The SMILES string of the molecule is Cc1noc(C)c1CSc1nc2ccc(NC(=O)Cc3ccc([N+](=O)[O-])cc3)cc2s1. The number of nitrogens with one attached hydrogen (secondary N) is 1. The number of non-ortho nitro benzene ring substituents is 1. The average molecular weight is 455 g/mol.